The SMILES string of the molecule is CCOc1ccccc1NC(=O)N1CCC[C@H]1c1ccco1. The summed E-state index contributed by atoms with van der Waals surface area (Å²) >= 11 is 0. The number of furan rings is 1. The van der Waals surface area contributed by atoms with Crippen molar-refractivity contribution in [2.24, 2.45) is 0 Å². The molecule has 5 nitrogen and oxygen atoms in total. The van der Waals surface area contributed by atoms with Crippen LogP contribution in [0.4, 0.5) is 10.5 Å². The van der Waals surface area contributed by atoms with Gasteiger partial charge in [-0.2, -0.15) is 0 Å². The third-order valence-electron chi connectivity index (χ3n) is 3.81. The van der Waals surface area contributed by atoms with Crippen LogP contribution in [0, 0.1) is 0 Å². The van der Waals surface area contributed by atoms with E-state index in [1.54, 1.807) is 6.26 Å². The van der Waals surface area contributed by atoms with Crippen LogP contribution in [0.3, 0.4) is 0 Å². The molecular weight excluding hydrogens is 280 g/mol. The molecule has 1 aliphatic heterocycles. The number of likely N-dealkylation sites (tertiary alicyclic amines) is 1. The summed E-state index contributed by atoms with van der Waals surface area (Å²) < 4.78 is 11.0. The molecule has 3 rings (SSSR count). The number of anilines is 1. The molecule has 5 heteroatoms. The molecule has 2 heterocycles. The summed E-state index contributed by atoms with van der Waals surface area (Å²) in [6.45, 7) is 3.21. The third kappa shape index (κ3) is 2.93. The molecule has 22 heavy (non-hydrogen) atoms. The predicted octanol–water partition coefficient (Wildman–Crippen LogP) is 4.05. The van der Waals surface area contributed by atoms with E-state index in [0.717, 1.165) is 25.1 Å². The maximum atomic E-state index is 12.6. The van der Waals surface area contributed by atoms with Crippen LogP contribution >= 0.6 is 0 Å². The molecule has 1 atom stereocenters. The lowest BCUT2D eigenvalue weighted by molar-refractivity contribution is 0.199. The van der Waals surface area contributed by atoms with Crippen molar-refractivity contribution in [3.8, 4) is 5.75 Å². The normalized spacial score (nSPS) is 17.5. The highest BCUT2D eigenvalue weighted by atomic mass is 16.5. The maximum Gasteiger partial charge on any atom is 0.322 e. The Balaban J connectivity index is 1.74. The van der Waals surface area contributed by atoms with E-state index in [4.69, 9.17) is 9.15 Å². The second-order valence-corrected chi connectivity index (χ2v) is 5.23. The van der Waals surface area contributed by atoms with Crippen LogP contribution in [-0.2, 0) is 0 Å². The molecule has 0 spiro atoms. The molecule has 1 fully saturated rings. The van der Waals surface area contributed by atoms with E-state index >= 15 is 0 Å². The van der Waals surface area contributed by atoms with E-state index < -0.39 is 0 Å². The minimum Gasteiger partial charge on any atom is -0.492 e. The molecule has 0 radical (unpaired) electrons. The molecule has 2 amide bonds. The number of urea groups is 1. The Morgan fingerprint density at radius 1 is 1.36 bits per heavy atom. The van der Waals surface area contributed by atoms with Crippen molar-refractivity contribution in [2.75, 3.05) is 18.5 Å². The Bertz CT molecular complexity index is 625. The fourth-order valence-corrected chi connectivity index (χ4v) is 2.82. The summed E-state index contributed by atoms with van der Waals surface area (Å²) in [7, 11) is 0. The van der Waals surface area contributed by atoms with Gasteiger partial charge in [0.15, 0.2) is 0 Å². The molecule has 0 unspecified atom stereocenters. The van der Waals surface area contributed by atoms with E-state index in [1.807, 2.05) is 48.2 Å². The summed E-state index contributed by atoms with van der Waals surface area (Å²) in [6.07, 6.45) is 3.55. The quantitative estimate of drug-likeness (QED) is 0.927. The van der Waals surface area contributed by atoms with E-state index in [1.165, 1.54) is 0 Å². The molecule has 1 aromatic carbocycles. The number of hydrogen-bond acceptors (Lipinski definition) is 3. The number of nitrogens with one attached hydrogen (secondary N) is 1. The number of amides is 2. The molecule has 1 aromatic heterocycles. The first-order valence-corrected chi connectivity index (χ1v) is 7.62. The first-order chi connectivity index (χ1) is 10.8. The average molecular weight is 300 g/mol. The lowest BCUT2D eigenvalue weighted by Gasteiger charge is -2.24. The van der Waals surface area contributed by atoms with Gasteiger partial charge in [0.2, 0.25) is 0 Å². The van der Waals surface area contributed by atoms with Crippen LogP contribution in [0.1, 0.15) is 31.6 Å². The zero-order valence-electron chi connectivity index (χ0n) is 12.6. The van der Waals surface area contributed by atoms with Gasteiger partial charge in [-0.1, -0.05) is 12.1 Å². The topological polar surface area (TPSA) is 54.7 Å². The zero-order chi connectivity index (χ0) is 15.4. The number of nitrogens with zero attached hydrogens (tertiary/aromatic N) is 1. The highest BCUT2D eigenvalue weighted by Crippen LogP contribution is 2.33. The van der Waals surface area contributed by atoms with Crippen LogP contribution in [0.25, 0.3) is 0 Å². The Hall–Kier alpha value is -2.43. The smallest absolute Gasteiger partial charge is 0.322 e. The van der Waals surface area contributed by atoms with Crippen molar-refractivity contribution in [2.45, 2.75) is 25.8 Å². The minimum absolute atomic E-state index is 0.00857. The second kappa shape index (κ2) is 6.56. The zero-order valence-corrected chi connectivity index (χ0v) is 12.6. The fourth-order valence-electron chi connectivity index (χ4n) is 2.82. The van der Waals surface area contributed by atoms with Gasteiger partial charge >= 0.3 is 6.03 Å². The molecule has 116 valence electrons. The Labute approximate surface area is 129 Å². The van der Waals surface area contributed by atoms with Crippen LogP contribution < -0.4 is 10.1 Å². The van der Waals surface area contributed by atoms with Gasteiger partial charge in [-0.15, -0.1) is 0 Å². The number of para-hydroxylation sites is 2. The first-order valence-electron chi connectivity index (χ1n) is 7.62. The number of ether oxygens (including phenoxy) is 1. The van der Waals surface area contributed by atoms with Crippen molar-refractivity contribution >= 4 is 11.7 Å². The van der Waals surface area contributed by atoms with Gasteiger partial charge in [0.1, 0.15) is 11.5 Å². The van der Waals surface area contributed by atoms with Crippen LogP contribution in [0.15, 0.2) is 47.1 Å². The van der Waals surface area contributed by atoms with Crippen molar-refractivity contribution in [3.63, 3.8) is 0 Å². The van der Waals surface area contributed by atoms with Gasteiger partial charge in [-0.3, -0.25) is 0 Å². The molecule has 1 aliphatic rings. The summed E-state index contributed by atoms with van der Waals surface area (Å²) in [5.74, 6) is 1.53. The summed E-state index contributed by atoms with van der Waals surface area (Å²) in [4.78, 5) is 14.4. The van der Waals surface area contributed by atoms with Crippen molar-refractivity contribution in [3.05, 3.63) is 48.4 Å². The minimum atomic E-state index is -0.119. The first kappa shape index (κ1) is 14.5. The maximum absolute atomic E-state index is 12.6. The van der Waals surface area contributed by atoms with E-state index in [2.05, 4.69) is 5.32 Å². The molecule has 0 aliphatic carbocycles. The van der Waals surface area contributed by atoms with Crippen LogP contribution in [-0.4, -0.2) is 24.1 Å². The molecule has 1 saturated heterocycles. The average Bonchev–Trinajstić information content (AvgIpc) is 3.20. The highest BCUT2D eigenvalue weighted by Gasteiger charge is 2.32. The Morgan fingerprint density at radius 3 is 3.00 bits per heavy atom. The van der Waals surface area contributed by atoms with Crippen LogP contribution in [0.2, 0.25) is 0 Å². The van der Waals surface area contributed by atoms with Gasteiger partial charge in [-0.25, -0.2) is 4.79 Å². The molecule has 1 N–H and O–H groups in total. The summed E-state index contributed by atoms with van der Waals surface area (Å²) in [6, 6.07) is 11.1. The monoisotopic (exact) mass is 300 g/mol. The molecule has 0 bridgehead atoms. The number of hydrogen-bond donors (Lipinski definition) is 1. The van der Waals surface area contributed by atoms with Gasteiger partial charge in [0, 0.05) is 6.54 Å². The predicted molar refractivity (Wildman–Crippen MR) is 84.0 cm³/mol. The Kier molecular flexibility index (Phi) is 4.32. The Morgan fingerprint density at radius 2 is 2.23 bits per heavy atom. The summed E-state index contributed by atoms with van der Waals surface area (Å²) in [5, 5.41) is 2.95. The standard InChI is InChI=1S/C17H20N2O3/c1-2-21-15-9-4-3-7-13(15)18-17(20)19-11-5-8-14(19)16-10-6-12-22-16/h3-4,6-7,9-10,12,14H,2,5,8,11H2,1H3,(H,18,20)/t14-/m0/s1. The number of rotatable bonds is 4. The fraction of sp³-hybridized carbons (Fsp3) is 0.353. The lowest BCUT2D eigenvalue weighted by Crippen LogP contribution is -2.34. The van der Waals surface area contributed by atoms with Crippen molar-refractivity contribution in [1.29, 1.82) is 0 Å². The van der Waals surface area contributed by atoms with Crippen molar-refractivity contribution in [1.82, 2.24) is 4.90 Å². The van der Waals surface area contributed by atoms with Gasteiger partial charge < -0.3 is 19.4 Å². The number of carbonyl (C=O) groups is 1. The lowest BCUT2D eigenvalue weighted by atomic mass is 10.2. The van der Waals surface area contributed by atoms with E-state index in [9.17, 15) is 4.79 Å². The molecule has 0 saturated carbocycles. The molecular formula is C17H20N2O3. The van der Waals surface area contributed by atoms with Gasteiger partial charge in [-0.05, 0) is 44.0 Å². The number of benzene rings is 1. The van der Waals surface area contributed by atoms with Crippen LogP contribution in [0.5, 0.6) is 5.75 Å². The summed E-state index contributed by atoms with van der Waals surface area (Å²) in [5.41, 5.74) is 0.694. The largest absolute Gasteiger partial charge is 0.492 e. The highest BCUT2D eigenvalue weighted by molar-refractivity contribution is 5.91. The molecule has 2 aromatic rings. The number of carbonyl (C=O) groups excluding carboxylic acids is 1. The van der Waals surface area contributed by atoms with E-state index in [-0.39, 0.29) is 12.1 Å². The van der Waals surface area contributed by atoms with E-state index in [0.29, 0.717) is 18.0 Å². The van der Waals surface area contributed by atoms with Gasteiger partial charge in [0.25, 0.3) is 0 Å². The second-order valence-electron chi connectivity index (χ2n) is 5.23. The van der Waals surface area contributed by atoms with Gasteiger partial charge in [0.05, 0.1) is 24.6 Å². The van der Waals surface area contributed by atoms with Crippen molar-refractivity contribution < 1.29 is 13.9 Å². The third-order valence-corrected chi connectivity index (χ3v) is 3.81.